The van der Waals surface area contributed by atoms with Crippen LogP contribution in [0.1, 0.15) is 26.7 Å². The van der Waals surface area contributed by atoms with Crippen molar-refractivity contribution in [2.24, 2.45) is 11.3 Å². The number of carbonyl (C=O) groups is 2. The fourth-order valence-electron chi connectivity index (χ4n) is 1.84. The number of carbonyl (C=O) groups excluding carboxylic acids is 1. The van der Waals surface area contributed by atoms with Gasteiger partial charge in [-0.25, -0.2) is 4.79 Å². The molecule has 1 aliphatic rings. The van der Waals surface area contributed by atoms with E-state index in [0.717, 1.165) is 0 Å². The molecule has 18 heavy (non-hydrogen) atoms. The molecule has 0 spiro atoms. The highest BCUT2D eigenvalue weighted by atomic mass is 16.5. The summed E-state index contributed by atoms with van der Waals surface area (Å²) in [5, 5.41) is 14.6. The van der Waals surface area contributed by atoms with Crippen LogP contribution < -0.4 is 10.6 Å². The second-order valence-electron chi connectivity index (χ2n) is 5.16. The fraction of sp³-hybridized carbons (Fsp3) is 0.833. The highest BCUT2D eigenvalue weighted by molar-refractivity contribution is 5.78. The molecule has 104 valence electrons. The van der Waals surface area contributed by atoms with E-state index in [0.29, 0.717) is 38.5 Å². The Kier molecular flexibility index (Phi) is 5.40. The maximum absolute atomic E-state index is 11.5. The molecule has 2 amide bonds. The van der Waals surface area contributed by atoms with Crippen molar-refractivity contribution in [3.05, 3.63) is 0 Å². The number of carboxylic acids is 1. The van der Waals surface area contributed by atoms with E-state index >= 15 is 0 Å². The molecule has 0 saturated carbocycles. The van der Waals surface area contributed by atoms with Gasteiger partial charge >= 0.3 is 12.0 Å². The molecule has 1 heterocycles. The molecular weight excluding hydrogens is 236 g/mol. The molecule has 0 aromatic carbocycles. The van der Waals surface area contributed by atoms with E-state index in [1.54, 1.807) is 0 Å². The average Bonchev–Trinajstić information content (AvgIpc) is 2.34. The van der Waals surface area contributed by atoms with Crippen molar-refractivity contribution in [2.45, 2.75) is 26.7 Å². The third-order valence-electron chi connectivity index (χ3n) is 3.16. The van der Waals surface area contributed by atoms with E-state index < -0.39 is 11.4 Å². The van der Waals surface area contributed by atoms with Crippen LogP contribution in [0, 0.1) is 11.3 Å². The van der Waals surface area contributed by atoms with Gasteiger partial charge in [0.2, 0.25) is 0 Å². The molecule has 1 aliphatic heterocycles. The zero-order valence-electron chi connectivity index (χ0n) is 11.0. The first kappa shape index (κ1) is 14.8. The summed E-state index contributed by atoms with van der Waals surface area (Å²) in [6.07, 6.45) is 0.875. The second kappa shape index (κ2) is 6.58. The Morgan fingerprint density at radius 3 is 2.39 bits per heavy atom. The normalized spacial score (nSPS) is 18.4. The Hall–Kier alpha value is -1.30. The van der Waals surface area contributed by atoms with Crippen molar-refractivity contribution in [1.29, 1.82) is 0 Å². The molecule has 0 bridgehead atoms. The maximum atomic E-state index is 11.5. The van der Waals surface area contributed by atoms with Crippen LogP contribution in [0.3, 0.4) is 0 Å². The third kappa shape index (κ3) is 4.18. The predicted molar refractivity (Wildman–Crippen MR) is 66.4 cm³/mol. The number of hydrogen-bond donors (Lipinski definition) is 3. The Morgan fingerprint density at radius 2 is 1.89 bits per heavy atom. The standard InChI is InChI=1S/C12H22N2O4/c1-9(2)7-13-11(17)14-8-12(10(15)16)3-5-18-6-4-12/h9H,3-8H2,1-2H3,(H,15,16)(H2,13,14,17). The number of amides is 2. The van der Waals surface area contributed by atoms with Crippen molar-refractivity contribution in [3.8, 4) is 0 Å². The summed E-state index contributed by atoms with van der Waals surface area (Å²) in [7, 11) is 0. The van der Waals surface area contributed by atoms with Crippen LogP contribution in [0.4, 0.5) is 4.79 Å². The smallest absolute Gasteiger partial charge is 0.314 e. The van der Waals surface area contributed by atoms with E-state index in [1.807, 2.05) is 13.8 Å². The van der Waals surface area contributed by atoms with Gasteiger partial charge in [0.25, 0.3) is 0 Å². The van der Waals surface area contributed by atoms with E-state index in [4.69, 9.17) is 4.74 Å². The average molecular weight is 258 g/mol. The molecule has 0 radical (unpaired) electrons. The van der Waals surface area contributed by atoms with Gasteiger partial charge in [-0.15, -0.1) is 0 Å². The van der Waals surface area contributed by atoms with Crippen molar-refractivity contribution < 1.29 is 19.4 Å². The molecule has 1 saturated heterocycles. The molecule has 0 unspecified atom stereocenters. The highest BCUT2D eigenvalue weighted by Crippen LogP contribution is 2.29. The number of rotatable bonds is 5. The molecule has 1 fully saturated rings. The van der Waals surface area contributed by atoms with Gasteiger partial charge in [-0.3, -0.25) is 4.79 Å². The zero-order valence-corrected chi connectivity index (χ0v) is 11.0. The summed E-state index contributed by atoms with van der Waals surface area (Å²) in [6.45, 7) is 5.59. The topological polar surface area (TPSA) is 87.7 Å². The minimum atomic E-state index is -0.882. The van der Waals surface area contributed by atoms with Gasteiger partial charge in [0.05, 0.1) is 5.41 Å². The largest absolute Gasteiger partial charge is 0.481 e. The minimum absolute atomic E-state index is 0.148. The first-order chi connectivity index (χ1) is 8.46. The Bertz CT molecular complexity index is 298. The summed E-state index contributed by atoms with van der Waals surface area (Å²) in [5.74, 6) is -0.498. The van der Waals surface area contributed by atoms with Gasteiger partial charge in [-0.2, -0.15) is 0 Å². The number of hydrogen-bond acceptors (Lipinski definition) is 3. The molecular formula is C12H22N2O4. The van der Waals surface area contributed by atoms with Crippen molar-refractivity contribution in [3.63, 3.8) is 0 Å². The molecule has 3 N–H and O–H groups in total. The lowest BCUT2D eigenvalue weighted by Crippen LogP contribution is -2.49. The first-order valence-electron chi connectivity index (χ1n) is 6.29. The molecule has 6 heteroatoms. The number of nitrogens with one attached hydrogen (secondary N) is 2. The van der Waals surface area contributed by atoms with E-state index in [-0.39, 0.29) is 12.6 Å². The van der Waals surface area contributed by atoms with Gasteiger partial charge < -0.3 is 20.5 Å². The van der Waals surface area contributed by atoms with E-state index in [1.165, 1.54) is 0 Å². The molecule has 0 atom stereocenters. The fourth-order valence-corrected chi connectivity index (χ4v) is 1.84. The highest BCUT2D eigenvalue weighted by Gasteiger charge is 2.40. The Morgan fingerprint density at radius 1 is 1.28 bits per heavy atom. The van der Waals surface area contributed by atoms with E-state index in [9.17, 15) is 14.7 Å². The minimum Gasteiger partial charge on any atom is -0.481 e. The summed E-state index contributed by atoms with van der Waals surface area (Å²) in [4.78, 5) is 22.8. The van der Waals surface area contributed by atoms with E-state index in [2.05, 4.69) is 10.6 Å². The molecule has 0 aliphatic carbocycles. The predicted octanol–water partition coefficient (Wildman–Crippen LogP) is 0.823. The summed E-state index contributed by atoms with van der Waals surface area (Å²) < 4.78 is 5.17. The van der Waals surface area contributed by atoms with Crippen molar-refractivity contribution in [2.75, 3.05) is 26.3 Å². The van der Waals surface area contributed by atoms with Gasteiger partial charge in [-0.05, 0) is 18.8 Å². The molecule has 0 aromatic rings. The van der Waals surface area contributed by atoms with Gasteiger partial charge in [0.1, 0.15) is 0 Å². The molecule has 1 rings (SSSR count). The number of aliphatic carboxylic acids is 1. The van der Waals surface area contributed by atoms with Crippen LogP contribution >= 0.6 is 0 Å². The maximum Gasteiger partial charge on any atom is 0.314 e. The lowest BCUT2D eigenvalue weighted by atomic mass is 9.80. The van der Waals surface area contributed by atoms with Crippen LogP contribution in [-0.2, 0) is 9.53 Å². The van der Waals surface area contributed by atoms with Crippen LogP contribution in [0.5, 0.6) is 0 Å². The van der Waals surface area contributed by atoms with Crippen LogP contribution in [0.25, 0.3) is 0 Å². The van der Waals surface area contributed by atoms with Crippen molar-refractivity contribution >= 4 is 12.0 Å². The summed E-state index contributed by atoms with van der Waals surface area (Å²) >= 11 is 0. The SMILES string of the molecule is CC(C)CNC(=O)NCC1(C(=O)O)CCOCC1. The quantitative estimate of drug-likeness (QED) is 0.681. The van der Waals surface area contributed by atoms with Crippen molar-refractivity contribution in [1.82, 2.24) is 10.6 Å². The summed E-state index contributed by atoms with van der Waals surface area (Å²) in [6, 6.07) is -0.309. The van der Waals surface area contributed by atoms with Crippen LogP contribution in [0.15, 0.2) is 0 Å². The third-order valence-corrected chi connectivity index (χ3v) is 3.16. The lowest BCUT2D eigenvalue weighted by molar-refractivity contribution is -0.154. The number of urea groups is 1. The molecule has 6 nitrogen and oxygen atoms in total. The number of ether oxygens (including phenoxy) is 1. The number of carboxylic acid groups (broad SMARTS) is 1. The lowest BCUT2D eigenvalue weighted by Gasteiger charge is -2.33. The van der Waals surface area contributed by atoms with Crippen LogP contribution in [-0.4, -0.2) is 43.4 Å². The summed E-state index contributed by atoms with van der Waals surface area (Å²) in [5.41, 5.74) is -0.882. The Labute approximate surface area is 107 Å². The monoisotopic (exact) mass is 258 g/mol. The van der Waals surface area contributed by atoms with Gasteiger partial charge in [-0.1, -0.05) is 13.8 Å². The first-order valence-corrected chi connectivity index (χ1v) is 6.29. The Balaban J connectivity index is 2.42. The van der Waals surface area contributed by atoms with Crippen LogP contribution in [0.2, 0.25) is 0 Å². The molecule has 0 aromatic heterocycles. The second-order valence-corrected chi connectivity index (χ2v) is 5.16. The zero-order chi connectivity index (χ0) is 13.6. The van der Waals surface area contributed by atoms with Gasteiger partial charge in [0.15, 0.2) is 0 Å². The van der Waals surface area contributed by atoms with Gasteiger partial charge in [0, 0.05) is 26.3 Å².